The number of benzene rings is 2. The van der Waals surface area contributed by atoms with Gasteiger partial charge in [-0.2, -0.15) is 0 Å². The van der Waals surface area contributed by atoms with E-state index in [0.717, 1.165) is 38.3 Å². The maximum absolute atomic E-state index is 12.5. The van der Waals surface area contributed by atoms with Crippen LogP contribution in [0.5, 0.6) is 0 Å². The van der Waals surface area contributed by atoms with Crippen molar-refractivity contribution in [2.45, 2.75) is 32.7 Å². The largest absolute Gasteiger partial charge is 0.336 e. The first-order valence-electron chi connectivity index (χ1n) is 9.09. The van der Waals surface area contributed by atoms with Crippen LogP contribution in [0.15, 0.2) is 54.6 Å². The summed E-state index contributed by atoms with van der Waals surface area (Å²) in [5.41, 5.74) is 3.70. The molecule has 1 saturated heterocycles. The van der Waals surface area contributed by atoms with Crippen molar-refractivity contribution in [1.82, 2.24) is 9.80 Å². The molecule has 1 heterocycles. The highest BCUT2D eigenvalue weighted by Crippen LogP contribution is 2.22. The van der Waals surface area contributed by atoms with Gasteiger partial charge in [0.05, 0.1) is 0 Å². The van der Waals surface area contributed by atoms with Gasteiger partial charge in [-0.3, -0.25) is 9.69 Å². The van der Waals surface area contributed by atoms with Crippen LogP contribution in [0.25, 0.3) is 0 Å². The zero-order valence-corrected chi connectivity index (χ0v) is 16.8. The first-order chi connectivity index (χ1) is 11.9. The molecule has 3 nitrogen and oxygen atoms in total. The zero-order chi connectivity index (χ0) is 17.9. The zero-order valence-electron chi connectivity index (χ0n) is 15.9. The van der Waals surface area contributed by atoms with Crippen LogP contribution >= 0.6 is 12.4 Å². The summed E-state index contributed by atoms with van der Waals surface area (Å²) in [5, 5.41) is 0. The summed E-state index contributed by atoms with van der Waals surface area (Å²) in [6, 6.07) is 18.5. The fourth-order valence-corrected chi connectivity index (χ4v) is 3.24. The van der Waals surface area contributed by atoms with Crippen molar-refractivity contribution in [3.05, 3.63) is 71.3 Å². The Kier molecular flexibility index (Phi) is 6.85. The second kappa shape index (κ2) is 8.70. The predicted molar refractivity (Wildman–Crippen MR) is 110 cm³/mol. The molecule has 0 spiro atoms. The molecule has 0 radical (unpaired) electrons. The quantitative estimate of drug-likeness (QED) is 0.799. The second-order valence-electron chi connectivity index (χ2n) is 7.88. The highest BCUT2D eigenvalue weighted by Gasteiger charge is 2.22. The van der Waals surface area contributed by atoms with E-state index in [1.165, 1.54) is 11.1 Å². The maximum atomic E-state index is 12.5. The molecule has 1 amide bonds. The van der Waals surface area contributed by atoms with Gasteiger partial charge in [-0.1, -0.05) is 63.2 Å². The molecule has 0 aromatic heterocycles. The first kappa shape index (κ1) is 20.5. The Morgan fingerprint density at radius 3 is 2.00 bits per heavy atom. The van der Waals surface area contributed by atoms with E-state index in [1.54, 1.807) is 0 Å². The van der Waals surface area contributed by atoms with Gasteiger partial charge in [0, 0.05) is 38.3 Å². The van der Waals surface area contributed by atoms with Gasteiger partial charge in [0.15, 0.2) is 0 Å². The Morgan fingerprint density at radius 1 is 0.885 bits per heavy atom. The molecular weight excluding hydrogens is 344 g/mol. The molecule has 1 fully saturated rings. The van der Waals surface area contributed by atoms with Gasteiger partial charge >= 0.3 is 0 Å². The van der Waals surface area contributed by atoms with Crippen LogP contribution in [0.3, 0.4) is 0 Å². The molecular formula is C22H29ClN2O. The van der Waals surface area contributed by atoms with Gasteiger partial charge in [-0.15, -0.1) is 12.4 Å². The fourth-order valence-electron chi connectivity index (χ4n) is 3.24. The molecule has 26 heavy (non-hydrogen) atoms. The number of hydrogen-bond donors (Lipinski definition) is 0. The number of amides is 1. The minimum atomic E-state index is 0. The summed E-state index contributed by atoms with van der Waals surface area (Å²) in [5.74, 6) is 0.148. The lowest BCUT2D eigenvalue weighted by atomic mass is 9.87. The molecule has 2 aromatic carbocycles. The van der Waals surface area contributed by atoms with Crippen molar-refractivity contribution in [2.24, 2.45) is 0 Å². The van der Waals surface area contributed by atoms with Crippen LogP contribution in [0.4, 0.5) is 0 Å². The van der Waals surface area contributed by atoms with E-state index in [4.69, 9.17) is 0 Å². The average molecular weight is 373 g/mol. The number of nitrogens with zero attached hydrogens (tertiary/aromatic N) is 2. The lowest BCUT2D eigenvalue weighted by molar-refractivity contribution is 0.0628. The normalized spacial score (nSPS) is 15.4. The van der Waals surface area contributed by atoms with Crippen LogP contribution in [-0.4, -0.2) is 41.9 Å². The molecule has 0 atom stereocenters. The molecule has 3 rings (SSSR count). The molecule has 0 unspecified atom stereocenters. The SMILES string of the molecule is CC(C)(C)c1ccc(CN2CCN(C(=O)c3ccccc3)CC2)cc1.Cl. The van der Waals surface area contributed by atoms with Crippen molar-refractivity contribution in [1.29, 1.82) is 0 Å². The van der Waals surface area contributed by atoms with E-state index in [2.05, 4.69) is 49.9 Å². The van der Waals surface area contributed by atoms with Gasteiger partial charge in [0.2, 0.25) is 0 Å². The van der Waals surface area contributed by atoms with Gasteiger partial charge in [0.1, 0.15) is 0 Å². The molecule has 2 aromatic rings. The van der Waals surface area contributed by atoms with Crippen LogP contribution in [0.1, 0.15) is 42.3 Å². The summed E-state index contributed by atoms with van der Waals surface area (Å²) in [4.78, 5) is 16.9. The molecule has 0 aliphatic carbocycles. The molecule has 0 N–H and O–H groups in total. The lowest BCUT2D eigenvalue weighted by Gasteiger charge is -2.35. The average Bonchev–Trinajstić information content (AvgIpc) is 2.62. The summed E-state index contributed by atoms with van der Waals surface area (Å²) in [7, 11) is 0. The first-order valence-corrected chi connectivity index (χ1v) is 9.09. The Bertz CT molecular complexity index is 699. The number of hydrogen-bond acceptors (Lipinski definition) is 2. The van der Waals surface area contributed by atoms with Crippen LogP contribution < -0.4 is 0 Å². The Labute approximate surface area is 163 Å². The van der Waals surface area contributed by atoms with Crippen molar-refractivity contribution >= 4 is 18.3 Å². The monoisotopic (exact) mass is 372 g/mol. The minimum absolute atomic E-state index is 0. The smallest absolute Gasteiger partial charge is 0.253 e. The molecule has 0 saturated carbocycles. The number of carbonyl (C=O) groups excluding carboxylic acids is 1. The third-order valence-electron chi connectivity index (χ3n) is 4.91. The lowest BCUT2D eigenvalue weighted by Crippen LogP contribution is -2.48. The van der Waals surface area contributed by atoms with E-state index in [9.17, 15) is 4.79 Å². The summed E-state index contributed by atoms with van der Waals surface area (Å²) in [6.07, 6.45) is 0. The van der Waals surface area contributed by atoms with Crippen molar-refractivity contribution in [3.8, 4) is 0 Å². The summed E-state index contributed by atoms with van der Waals surface area (Å²) < 4.78 is 0. The highest BCUT2D eigenvalue weighted by molar-refractivity contribution is 5.94. The predicted octanol–water partition coefficient (Wildman–Crippen LogP) is 4.36. The molecule has 140 valence electrons. The van der Waals surface area contributed by atoms with Crippen molar-refractivity contribution < 1.29 is 4.79 Å². The van der Waals surface area contributed by atoms with E-state index >= 15 is 0 Å². The van der Waals surface area contributed by atoms with Crippen LogP contribution in [0.2, 0.25) is 0 Å². The van der Waals surface area contributed by atoms with Gasteiger partial charge < -0.3 is 4.90 Å². The van der Waals surface area contributed by atoms with Crippen LogP contribution in [-0.2, 0) is 12.0 Å². The highest BCUT2D eigenvalue weighted by atomic mass is 35.5. The molecule has 4 heteroatoms. The number of piperazine rings is 1. The molecule has 1 aliphatic rings. The Hall–Kier alpha value is -1.84. The fraction of sp³-hybridized carbons (Fsp3) is 0.409. The van der Waals surface area contributed by atoms with Gasteiger partial charge in [0.25, 0.3) is 5.91 Å². The Morgan fingerprint density at radius 2 is 1.46 bits per heavy atom. The number of halogens is 1. The summed E-state index contributed by atoms with van der Waals surface area (Å²) in [6.45, 7) is 11.1. The number of rotatable bonds is 3. The number of carbonyl (C=O) groups is 1. The van der Waals surface area contributed by atoms with Crippen molar-refractivity contribution in [2.75, 3.05) is 26.2 Å². The Balaban J connectivity index is 0.00000243. The topological polar surface area (TPSA) is 23.6 Å². The second-order valence-corrected chi connectivity index (χ2v) is 7.88. The minimum Gasteiger partial charge on any atom is -0.336 e. The van der Waals surface area contributed by atoms with E-state index in [1.807, 2.05) is 35.2 Å². The van der Waals surface area contributed by atoms with E-state index in [-0.39, 0.29) is 23.7 Å². The standard InChI is InChI=1S/C22H28N2O.ClH/c1-22(2,3)20-11-9-18(10-12-20)17-23-13-15-24(16-14-23)21(25)19-7-5-4-6-8-19;/h4-12H,13-17H2,1-3H3;1H. The van der Waals surface area contributed by atoms with Crippen molar-refractivity contribution in [3.63, 3.8) is 0 Å². The van der Waals surface area contributed by atoms with Gasteiger partial charge in [-0.05, 0) is 28.7 Å². The summed E-state index contributed by atoms with van der Waals surface area (Å²) >= 11 is 0. The third kappa shape index (κ3) is 5.09. The van der Waals surface area contributed by atoms with E-state index < -0.39 is 0 Å². The van der Waals surface area contributed by atoms with Gasteiger partial charge in [-0.25, -0.2) is 0 Å². The molecule has 1 aliphatic heterocycles. The van der Waals surface area contributed by atoms with Crippen LogP contribution in [0, 0.1) is 0 Å². The van der Waals surface area contributed by atoms with E-state index in [0.29, 0.717) is 0 Å². The molecule has 0 bridgehead atoms. The maximum Gasteiger partial charge on any atom is 0.253 e. The third-order valence-corrected chi connectivity index (χ3v) is 4.91.